The molecule has 0 aliphatic carbocycles. The van der Waals surface area contributed by atoms with Gasteiger partial charge in [-0.05, 0) is 51.8 Å². The molecule has 0 saturated carbocycles. The molecule has 0 spiro atoms. The predicted octanol–water partition coefficient (Wildman–Crippen LogP) is 4.27. The number of carbonyl (C=O) groups is 1. The van der Waals surface area contributed by atoms with Crippen LogP contribution in [-0.4, -0.2) is 23.4 Å². The molecule has 1 aromatic rings. The standard InChI is InChI=1S/C19H26O4S/c1-15(12-13-22-18(4)20)6-5-7-17(3)14-23-24(21)19-10-8-16(2)9-11-19/h7-12H,5-6,13-14H2,1-4H3/b15-12-,17-7+/t24-/m0/s1. The first-order valence-electron chi connectivity index (χ1n) is 7.95. The number of benzene rings is 1. The van der Waals surface area contributed by atoms with E-state index in [1.54, 1.807) is 0 Å². The maximum Gasteiger partial charge on any atom is 0.302 e. The summed E-state index contributed by atoms with van der Waals surface area (Å²) in [6, 6.07) is 7.48. The second kappa shape index (κ2) is 10.9. The van der Waals surface area contributed by atoms with Crippen molar-refractivity contribution >= 4 is 17.0 Å². The van der Waals surface area contributed by atoms with Gasteiger partial charge in [0.25, 0.3) is 0 Å². The number of hydrogen-bond donors (Lipinski definition) is 0. The summed E-state index contributed by atoms with van der Waals surface area (Å²) in [6.07, 6.45) is 5.75. The smallest absolute Gasteiger partial charge is 0.302 e. The summed E-state index contributed by atoms with van der Waals surface area (Å²) in [5.41, 5.74) is 3.34. The van der Waals surface area contributed by atoms with Gasteiger partial charge < -0.3 is 4.74 Å². The average molecular weight is 350 g/mol. The third kappa shape index (κ3) is 8.79. The zero-order valence-electron chi connectivity index (χ0n) is 14.8. The van der Waals surface area contributed by atoms with Gasteiger partial charge in [-0.1, -0.05) is 34.9 Å². The molecule has 0 aromatic heterocycles. The normalized spacial score (nSPS) is 13.7. The van der Waals surface area contributed by atoms with Crippen LogP contribution < -0.4 is 0 Å². The Balaban J connectivity index is 2.32. The first-order chi connectivity index (χ1) is 11.4. The SMILES string of the molecule is CC(=O)OC/C=C(/C)CC/C=C(\C)CO[S@](=O)c1ccc(C)cc1. The Morgan fingerprint density at radius 1 is 1.08 bits per heavy atom. The van der Waals surface area contributed by atoms with E-state index in [-0.39, 0.29) is 5.97 Å². The van der Waals surface area contributed by atoms with E-state index in [2.05, 4.69) is 6.08 Å². The molecule has 0 amide bonds. The van der Waals surface area contributed by atoms with Gasteiger partial charge in [0, 0.05) is 6.92 Å². The average Bonchev–Trinajstić information content (AvgIpc) is 2.53. The van der Waals surface area contributed by atoms with Crippen LogP contribution in [-0.2, 0) is 24.8 Å². The summed E-state index contributed by atoms with van der Waals surface area (Å²) < 4.78 is 22.3. The van der Waals surface area contributed by atoms with Crippen molar-refractivity contribution in [3.8, 4) is 0 Å². The number of ether oxygens (including phenoxy) is 1. The minimum atomic E-state index is -1.44. The van der Waals surface area contributed by atoms with Gasteiger partial charge in [-0.3, -0.25) is 8.98 Å². The van der Waals surface area contributed by atoms with Gasteiger partial charge in [-0.2, -0.15) is 0 Å². The molecule has 0 aliphatic heterocycles. The number of hydrogen-bond acceptors (Lipinski definition) is 4. The summed E-state index contributed by atoms with van der Waals surface area (Å²) >= 11 is -1.44. The maximum absolute atomic E-state index is 12.0. The second-order valence-corrected chi connectivity index (χ2v) is 6.93. The van der Waals surface area contributed by atoms with Crippen LogP contribution in [0.2, 0.25) is 0 Å². The molecule has 0 radical (unpaired) electrons. The highest BCUT2D eigenvalue weighted by Crippen LogP contribution is 2.11. The Morgan fingerprint density at radius 2 is 1.75 bits per heavy atom. The van der Waals surface area contributed by atoms with E-state index in [0.717, 1.165) is 24.0 Å². The van der Waals surface area contributed by atoms with Crippen LogP contribution in [0.5, 0.6) is 0 Å². The Bertz CT molecular complexity index is 615. The molecule has 0 bridgehead atoms. The summed E-state index contributed by atoms with van der Waals surface area (Å²) in [4.78, 5) is 11.4. The first-order valence-corrected chi connectivity index (χ1v) is 9.02. The van der Waals surface area contributed by atoms with Crippen LogP contribution in [0.15, 0.2) is 52.5 Å². The van der Waals surface area contributed by atoms with Gasteiger partial charge in [0.05, 0.1) is 11.5 Å². The van der Waals surface area contributed by atoms with E-state index in [1.807, 2.05) is 51.1 Å². The topological polar surface area (TPSA) is 52.6 Å². The molecule has 1 rings (SSSR count). The van der Waals surface area contributed by atoms with Crippen molar-refractivity contribution in [2.24, 2.45) is 0 Å². The van der Waals surface area contributed by atoms with Crippen molar-refractivity contribution in [2.75, 3.05) is 13.2 Å². The largest absolute Gasteiger partial charge is 0.462 e. The van der Waals surface area contributed by atoms with Crippen LogP contribution >= 0.6 is 0 Å². The van der Waals surface area contributed by atoms with E-state index in [4.69, 9.17) is 8.92 Å². The Morgan fingerprint density at radius 3 is 2.38 bits per heavy atom. The van der Waals surface area contributed by atoms with Gasteiger partial charge in [0.1, 0.15) is 6.61 Å². The highest BCUT2D eigenvalue weighted by molar-refractivity contribution is 7.80. The molecular weight excluding hydrogens is 324 g/mol. The van der Waals surface area contributed by atoms with E-state index in [1.165, 1.54) is 12.5 Å². The summed E-state index contributed by atoms with van der Waals surface area (Å²) in [5, 5.41) is 0. The molecule has 4 nitrogen and oxygen atoms in total. The van der Waals surface area contributed by atoms with E-state index in [0.29, 0.717) is 18.1 Å². The molecule has 0 aliphatic rings. The van der Waals surface area contributed by atoms with Crippen molar-refractivity contribution in [1.82, 2.24) is 0 Å². The van der Waals surface area contributed by atoms with Crippen molar-refractivity contribution in [2.45, 2.75) is 45.4 Å². The van der Waals surface area contributed by atoms with Gasteiger partial charge >= 0.3 is 5.97 Å². The zero-order chi connectivity index (χ0) is 17.9. The fourth-order valence-corrected chi connectivity index (χ4v) is 2.66. The summed E-state index contributed by atoms with van der Waals surface area (Å²) in [7, 11) is 0. The highest BCUT2D eigenvalue weighted by atomic mass is 32.2. The molecular formula is C19H26O4S. The maximum atomic E-state index is 12.0. The Hall–Kier alpha value is -1.72. The number of allylic oxidation sites excluding steroid dienone is 2. The highest BCUT2D eigenvalue weighted by Gasteiger charge is 2.04. The van der Waals surface area contributed by atoms with Gasteiger partial charge in [0.2, 0.25) is 0 Å². The monoisotopic (exact) mass is 350 g/mol. The van der Waals surface area contributed by atoms with Crippen LogP contribution in [0.25, 0.3) is 0 Å². The minimum Gasteiger partial charge on any atom is -0.462 e. The van der Waals surface area contributed by atoms with Crippen molar-refractivity contribution in [3.63, 3.8) is 0 Å². The lowest BCUT2D eigenvalue weighted by Crippen LogP contribution is -2.01. The molecule has 24 heavy (non-hydrogen) atoms. The Labute approximate surface area is 147 Å². The number of rotatable bonds is 9. The second-order valence-electron chi connectivity index (χ2n) is 5.75. The molecule has 0 heterocycles. The lowest BCUT2D eigenvalue weighted by molar-refractivity contribution is -0.139. The number of carbonyl (C=O) groups excluding carboxylic acids is 1. The number of esters is 1. The summed E-state index contributed by atoms with van der Waals surface area (Å²) in [6.45, 7) is 8.03. The molecule has 0 saturated heterocycles. The van der Waals surface area contributed by atoms with Crippen molar-refractivity contribution in [3.05, 3.63) is 53.1 Å². The van der Waals surface area contributed by atoms with E-state index < -0.39 is 11.1 Å². The van der Waals surface area contributed by atoms with Crippen molar-refractivity contribution < 1.29 is 17.9 Å². The molecule has 1 aromatic carbocycles. The predicted molar refractivity (Wildman–Crippen MR) is 96.9 cm³/mol. The van der Waals surface area contributed by atoms with E-state index >= 15 is 0 Å². The van der Waals surface area contributed by atoms with Crippen LogP contribution in [0.4, 0.5) is 0 Å². The molecule has 132 valence electrons. The quantitative estimate of drug-likeness (QED) is 0.493. The fraction of sp³-hybridized carbons (Fsp3) is 0.421. The lowest BCUT2D eigenvalue weighted by Gasteiger charge is -2.05. The first kappa shape index (κ1) is 20.3. The number of aryl methyl sites for hydroxylation is 1. The van der Waals surface area contributed by atoms with Gasteiger partial charge in [-0.15, -0.1) is 0 Å². The van der Waals surface area contributed by atoms with Crippen LogP contribution in [0.3, 0.4) is 0 Å². The Kier molecular flexibility index (Phi) is 9.27. The molecule has 0 unspecified atom stereocenters. The molecule has 1 atom stereocenters. The fourth-order valence-electron chi connectivity index (χ4n) is 1.87. The van der Waals surface area contributed by atoms with Crippen molar-refractivity contribution in [1.29, 1.82) is 0 Å². The molecule has 5 heteroatoms. The molecule has 0 fully saturated rings. The van der Waals surface area contributed by atoms with Gasteiger partial charge in [0.15, 0.2) is 11.1 Å². The van der Waals surface area contributed by atoms with Crippen LogP contribution in [0.1, 0.15) is 39.2 Å². The summed E-state index contributed by atoms with van der Waals surface area (Å²) in [5.74, 6) is -0.270. The third-order valence-electron chi connectivity index (χ3n) is 3.36. The minimum absolute atomic E-state index is 0.270. The lowest BCUT2D eigenvalue weighted by atomic mass is 10.1. The zero-order valence-corrected chi connectivity index (χ0v) is 15.7. The van der Waals surface area contributed by atoms with Crippen LogP contribution in [0, 0.1) is 6.92 Å². The molecule has 0 N–H and O–H groups in total. The van der Waals surface area contributed by atoms with Gasteiger partial charge in [-0.25, -0.2) is 4.21 Å². The third-order valence-corrected chi connectivity index (χ3v) is 4.35. The van der Waals surface area contributed by atoms with E-state index in [9.17, 15) is 9.00 Å².